The lowest BCUT2D eigenvalue weighted by Crippen LogP contribution is -2.58. The van der Waals surface area contributed by atoms with Gasteiger partial charge in [0.15, 0.2) is 0 Å². The van der Waals surface area contributed by atoms with Crippen molar-refractivity contribution in [3.63, 3.8) is 0 Å². The molecule has 0 aromatic carbocycles. The average Bonchev–Trinajstić information content (AvgIpc) is 1.98. The zero-order valence-corrected chi connectivity index (χ0v) is 9.25. The standard InChI is InChI=1S/C9H13F5O2/c1-6(2,7(3,4)16)8(10,11)5(15)9(12,13)14/h16H,1-4H3. The molecule has 0 rings (SSSR count). The number of rotatable bonds is 3. The summed E-state index contributed by atoms with van der Waals surface area (Å²) in [6.07, 6.45) is -5.63. The van der Waals surface area contributed by atoms with Gasteiger partial charge in [0, 0.05) is 0 Å². The van der Waals surface area contributed by atoms with Crippen LogP contribution in [0.25, 0.3) is 0 Å². The Morgan fingerprint density at radius 1 is 0.938 bits per heavy atom. The van der Waals surface area contributed by atoms with Crippen LogP contribution in [-0.4, -0.2) is 28.6 Å². The third-order valence-corrected chi connectivity index (χ3v) is 2.86. The van der Waals surface area contributed by atoms with Gasteiger partial charge in [-0.05, 0) is 13.8 Å². The SMILES string of the molecule is CC(C)(O)C(C)(C)C(F)(F)C(=O)C(F)(F)F. The lowest BCUT2D eigenvalue weighted by atomic mass is 9.70. The fourth-order valence-electron chi connectivity index (χ4n) is 0.846. The van der Waals surface area contributed by atoms with Crippen LogP contribution in [0.15, 0.2) is 0 Å². The zero-order valence-electron chi connectivity index (χ0n) is 9.25. The molecule has 0 unspecified atom stereocenters. The maximum atomic E-state index is 13.4. The summed E-state index contributed by atoms with van der Waals surface area (Å²) in [6, 6.07) is 0. The van der Waals surface area contributed by atoms with E-state index in [9.17, 15) is 31.9 Å². The molecule has 0 atom stereocenters. The predicted molar refractivity (Wildman–Crippen MR) is 46.1 cm³/mol. The molecule has 2 nitrogen and oxygen atoms in total. The number of halogens is 5. The maximum Gasteiger partial charge on any atom is 0.456 e. The van der Waals surface area contributed by atoms with Crippen LogP contribution in [0.3, 0.4) is 0 Å². The number of hydrogen-bond acceptors (Lipinski definition) is 2. The van der Waals surface area contributed by atoms with Crippen LogP contribution in [0.2, 0.25) is 0 Å². The van der Waals surface area contributed by atoms with Crippen molar-refractivity contribution < 1.29 is 31.9 Å². The van der Waals surface area contributed by atoms with Gasteiger partial charge >= 0.3 is 17.9 Å². The van der Waals surface area contributed by atoms with Gasteiger partial charge in [-0.2, -0.15) is 22.0 Å². The smallest absolute Gasteiger partial charge is 0.390 e. The van der Waals surface area contributed by atoms with E-state index in [0.29, 0.717) is 13.8 Å². The first-order valence-electron chi connectivity index (χ1n) is 4.37. The van der Waals surface area contributed by atoms with Gasteiger partial charge in [-0.25, -0.2) is 0 Å². The van der Waals surface area contributed by atoms with Crippen molar-refractivity contribution in [3.8, 4) is 0 Å². The molecule has 0 aliphatic heterocycles. The minimum Gasteiger partial charge on any atom is -0.390 e. The summed E-state index contributed by atoms with van der Waals surface area (Å²) in [6.45, 7) is 3.25. The molecule has 0 saturated heterocycles. The molecular weight excluding hydrogens is 235 g/mol. The minimum atomic E-state index is -5.63. The fraction of sp³-hybridized carbons (Fsp3) is 0.889. The Morgan fingerprint density at radius 3 is 1.44 bits per heavy atom. The van der Waals surface area contributed by atoms with Gasteiger partial charge in [-0.15, -0.1) is 0 Å². The first-order valence-corrected chi connectivity index (χ1v) is 4.37. The van der Waals surface area contributed by atoms with E-state index < -0.39 is 28.9 Å². The Balaban J connectivity index is 5.46. The third-order valence-electron chi connectivity index (χ3n) is 2.86. The first kappa shape index (κ1) is 15.3. The highest BCUT2D eigenvalue weighted by molar-refractivity contribution is 5.91. The van der Waals surface area contributed by atoms with Gasteiger partial charge in [-0.3, -0.25) is 4.79 Å². The van der Waals surface area contributed by atoms with Gasteiger partial charge in [0.2, 0.25) is 0 Å². The molecule has 7 heteroatoms. The number of carbonyl (C=O) groups excluding carboxylic acids is 1. The molecule has 0 bridgehead atoms. The van der Waals surface area contributed by atoms with Crippen LogP contribution in [-0.2, 0) is 4.79 Å². The summed E-state index contributed by atoms with van der Waals surface area (Å²) in [7, 11) is 0. The Bertz CT molecular complexity index is 285. The molecule has 0 fully saturated rings. The highest BCUT2D eigenvalue weighted by atomic mass is 19.4. The highest BCUT2D eigenvalue weighted by Crippen LogP contribution is 2.47. The molecule has 0 aromatic heterocycles. The van der Waals surface area contributed by atoms with Crippen molar-refractivity contribution in [1.82, 2.24) is 0 Å². The fourth-order valence-corrected chi connectivity index (χ4v) is 0.846. The van der Waals surface area contributed by atoms with Crippen molar-refractivity contribution in [2.45, 2.75) is 45.4 Å². The number of ketones is 1. The molecule has 0 aliphatic carbocycles. The molecule has 16 heavy (non-hydrogen) atoms. The molecule has 0 spiro atoms. The summed E-state index contributed by atoms with van der Waals surface area (Å²) < 4.78 is 62.6. The number of carbonyl (C=O) groups is 1. The van der Waals surface area contributed by atoms with Gasteiger partial charge in [-0.1, -0.05) is 13.8 Å². The molecule has 0 heterocycles. The van der Waals surface area contributed by atoms with E-state index in [1.165, 1.54) is 0 Å². The van der Waals surface area contributed by atoms with E-state index in [1.807, 2.05) is 0 Å². The summed E-state index contributed by atoms with van der Waals surface area (Å²) in [5, 5.41) is 9.40. The molecule has 0 amide bonds. The van der Waals surface area contributed by atoms with E-state index in [0.717, 1.165) is 13.8 Å². The zero-order chi connectivity index (χ0) is 13.6. The van der Waals surface area contributed by atoms with Gasteiger partial charge < -0.3 is 5.11 Å². The van der Waals surface area contributed by atoms with Crippen molar-refractivity contribution in [2.75, 3.05) is 0 Å². The Morgan fingerprint density at radius 2 is 1.25 bits per heavy atom. The van der Waals surface area contributed by atoms with Crippen LogP contribution in [0.1, 0.15) is 27.7 Å². The van der Waals surface area contributed by atoms with E-state index in [4.69, 9.17) is 0 Å². The molecule has 0 aliphatic rings. The van der Waals surface area contributed by atoms with Crippen LogP contribution >= 0.6 is 0 Å². The van der Waals surface area contributed by atoms with E-state index in [-0.39, 0.29) is 0 Å². The average molecular weight is 248 g/mol. The molecule has 0 aromatic rings. The van der Waals surface area contributed by atoms with Crippen molar-refractivity contribution in [2.24, 2.45) is 5.41 Å². The second-order valence-electron chi connectivity index (χ2n) is 4.59. The van der Waals surface area contributed by atoms with Crippen molar-refractivity contribution in [3.05, 3.63) is 0 Å². The summed E-state index contributed by atoms with van der Waals surface area (Å²) >= 11 is 0. The van der Waals surface area contributed by atoms with Gasteiger partial charge in [0.1, 0.15) is 0 Å². The molecule has 0 radical (unpaired) electrons. The summed E-state index contributed by atoms with van der Waals surface area (Å²) in [5.74, 6) is -7.84. The van der Waals surface area contributed by atoms with Crippen LogP contribution in [0.5, 0.6) is 0 Å². The quantitative estimate of drug-likeness (QED) is 0.779. The molecule has 96 valence electrons. The molecular formula is C9H13F5O2. The van der Waals surface area contributed by atoms with Gasteiger partial charge in [0.05, 0.1) is 11.0 Å². The van der Waals surface area contributed by atoms with Crippen molar-refractivity contribution >= 4 is 5.78 Å². The second kappa shape index (κ2) is 3.65. The minimum absolute atomic E-state index is 0.705. The predicted octanol–water partition coefficient (Wildman–Crippen LogP) is 2.55. The summed E-state index contributed by atoms with van der Waals surface area (Å²) in [5.41, 5.74) is -4.68. The Labute approximate surface area is 89.4 Å². The first-order chi connectivity index (χ1) is 6.65. The van der Waals surface area contributed by atoms with Crippen molar-refractivity contribution in [1.29, 1.82) is 0 Å². The van der Waals surface area contributed by atoms with E-state index in [1.54, 1.807) is 0 Å². The lowest BCUT2D eigenvalue weighted by molar-refractivity contribution is -0.229. The van der Waals surface area contributed by atoms with Gasteiger partial charge in [0.25, 0.3) is 0 Å². The monoisotopic (exact) mass is 248 g/mol. The number of hydrogen-bond donors (Lipinski definition) is 1. The van der Waals surface area contributed by atoms with Crippen LogP contribution in [0, 0.1) is 5.41 Å². The topological polar surface area (TPSA) is 37.3 Å². The lowest BCUT2D eigenvalue weighted by Gasteiger charge is -2.42. The normalized spacial score (nSPS) is 15.1. The summed E-state index contributed by atoms with van der Waals surface area (Å²) in [4.78, 5) is 10.6. The van der Waals surface area contributed by atoms with E-state index in [2.05, 4.69) is 0 Å². The van der Waals surface area contributed by atoms with E-state index >= 15 is 0 Å². The maximum absolute atomic E-state index is 13.4. The number of aliphatic hydroxyl groups is 1. The highest BCUT2D eigenvalue weighted by Gasteiger charge is 2.66. The second-order valence-corrected chi connectivity index (χ2v) is 4.59. The number of alkyl halides is 5. The van der Waals surface area contributed by atoms with Crippen LogP contribution < -0.4 is 0 Å². The Hall–Kier alpha value is -0.720. The molecule has 0 saturated carbocycles. The molecule has 1 N–H and O–H groups in total. The van der Waals surface area contributed by atoms with Crippen LogP contribution in [0.4, 0.5) is 22.0 Å². The third kappa shape index (κ3) is 2.34. The number of Topliss-reactive ketones (excluding diaryl/α,β-unsaturated/α-hetero) is 1. The Kier molecular flexibility index (Phi) is 3.48. The largest absolute Gasteiger partial charge is 0.456 e.